The van der Waals surface area contributed by atoms with E-state index in [1.807, 2.05) is 13.8 Å². The molecule has 10 heteroatoms. The molecule has 3 rings (SSSR count). The number of fused-ring (bicyclic) bond motifs is 1. The quantitative estimate of drug-likeness (QED) is 0.505. The number of allylic oxidation sites excluding steroid dienone is 1. The summed E-state index contributed by atoms with van der Waals surface area (Å²) in [4.78, 5) is 25.1. The minimum absolute atomic E-state index is 0.0617. The second-order valence-electron chi connectivity index (χ2n) is 8.81. The van der Waals surface area contributed by atoms with Crippen molar-refractivity contribution >= 4 is 11.7 Å². The number of hydrogen-bond donors (Lipinski definition) is 1. The molecule has 2 saturated heterocycles. The summed E-state index contributed by atoms with van der Waals surface area (Å²) in [7, 11) is 4.86. The SMILES string of the molecule is COC[C@@H](C[C@H]1O[C@@H]2C(NC(=O)C(=O)C3=CCCCO3)OCO[C@@H]2[C@@H](OC)C1(C)C)OC. The zero-order chi connectivity index (χ0) is 23.3. The van der Waals surface area contributed by atoms with Gasteiger partial charge < -0.3 is 38.5 Å². The summed E-state index contributed by atoms with van der Waals surface area (Å²) in [5, 5.41) is 2.65. The van der Waals surface area contributed by atoms with E-state index in [1.54, 1.807) is 27.4 Å². The van der Waals surface area contributed by atoms with E-state index in [4.69, 9.17) is 33.2 Å². The topological polar surface area (TPSA) is 111 Å². The van der Waals surface area contributed by atoms with Crippen LogP contribution in [0.5, 0.6) is 0 Å². The van der Waals surface area contributed by atoms with E-state index < -0.39 is 35.5 Å². The molecule has 3 heterocycles. The van der Waals surface area contributed by atoms with Crippen LogP contribution in [-0.4, -0.2) is 89.8 Å². The van der Waals surface area contributed by atoms with Gasteiger partial charge in [0.1, 0.15) is 19.0 Å². The van der Waals surface area contributed by atoms with Gasteiger partial charge in [-0.3, -0.25) is 9.59 Å². The number of carbonyl (C=O) groups excluding carboxylic acids is 2. The molecule has 1 amide bonds. The molecule has 3 aliphatic heterocycles. The van der Waals surface area contributed by atoms with E-state index in [0.717, 1.165) is 6.42 Å². The van der Waals surface area contributed by atoms with Crippen LogP contribution in [0.15, 0.2) is 11.8 Å². The zero-order valence-corrected chi connectivity index (χ0v) is 19.5. The van der Waals surface area contributed by atoms with Crippen LogP contribution in [-0.2, 0) is 42.7 Å². The van der Waals surface area contributed by atoms with Crippen LogP contribution in [0.4, 0.5) is 0 Å². The van der Waals surface area contributed by atoms with Crippen molar-refractivity contribution in [2.75, 3.05) is 41.3 Å². The first-order chi connectivity index (χ1) is 15.3. The number of ketones is 1. The first-order valence-electron chi connectivity index (χ1n) is 10.9. The maximum absolute atomic E-state index is 12.6. The maximum atomic E-state index is 12.6. The molecule has 0 saturated carbocycles. The predicted molar refractivity (Wildman–Crippen MR) is 112 cm³/mol. The predicted octanol–water partition coefficient (Wildman–Crippen LogP) is 0.925. The lowest BCUT2D eigenvalue weighted by atomic mass is 9.72. The van der Waals surface area contributed by atoms with Crippen molar-refractivity contribution in [3.8, 4) is 0 Å². The minimum atomic E-state index is -0.880. The lowest BCUT2D eigenvalue weighted by molar-refractivity contribution is -0.331. The first-order valence-corrected chi connectivity index (χ1v) is 10.9. The lowest BCUT2D eigenvalue weighted by Gasteiger charge is -2.54. The number of methoxy groups -OCH3 is 3. The Morgan fingerprint density at radius 1 is 1.22 bits per heavy atom. The van der Waals surface area contributed by atoms with Crippen LogP contribution in [0.25, 0.3) is 0 Å². The molecule has 182 valence electrons. The maximum Gasteiger partial charge on any atom is 0.297 e. The average molecular weight is 458 g/mol. The van der Waals surface area contributed by atoms with Gasteiger partial charge in [-0.1, -0.05) is 13.8 Å². The van der Waals surface area contributed by atoms with Gasteiger partial charge in [0, 0.05) is 33.2 Å². The van der Waals surface area contributed by atoms with E-state index in [9.17, 15) is 9.59 Å². The van der Waals surface area contributed by atoms with Crippen LogP contribution in [0.1, 0.15) is 33.1 Å². The number of nitrogens with one attached hydrogen (secondary N) is 1. The van der Waals surface area contributed by atoms with E-state index in [1.165, 1.54) is 0 Å². The second kappa shape index (κ2) is 11.0. The third-order valence-electron chi connectivity index (χ3n) is 6.37. The number of rotatable bonds is 9. The van der Waals surface area contributed by atoms with Crippen LogP contribution >= 0.6 is 0 Å². The molecule has 0 aliphatic carbocycles. The molecule has 2 fully saturated rings. The fourth-order valence-electron chi connectivity index (χ4n) is 4.53. The molecule has 0 bridgehead atoms. The summed E-state index contributed by atoms with van der Waals surface area (Å²) < 4.78 is 39.8. The Kier molecular flexibility index (Phi) is 8.65. The molecule has 0 aromatic heterocycles. The smallest absolute Gasteiger partial charge is 0.297 e. The summed E-state index contributed by atoms with van der Waals surface area (Å²) in [6, 6.07) is 0. The van der Waals surface area contributed by atoms with E-state index in [0.29, 0.717) is 26.1 Å². The molecule has 6 atom stereocenters. The number of hydrogen-bond acceptors (Lipinski definition) is 9. The summed E-state index contributed by atoms with van der Waals surface area (Å²) in [6.07, 6.45) is 0.816. The van der Waals surface area contributed by atoms with Crippen molar-refractivity contribution in [3.05, 3.63) is 11.8 Å². The number of ether oxygens (including phenoxy) is 7. The zero-order valence-electron chi connectivity index (χ0n) is 19.5. The number of Topliss-reactive ketones (excluding diaryl/α,β-unsaturated/α-hetero) is 1. The Morgan fingerprint density at radius 3 is 2.62 bits per heavy atom. The van der Waals surface area contributed by atoms with Crippen LogP contribution in [0.2, 0.25) is 0 Å². The van der Waals surface area contributed by atoms with Crippen LogP contribution in [0.3, 0.4) is 0 Å². The van der Waals surface area contributed by atoms with Crippen molar-refractivity contribution in [3.63, 3.8) is 0 Å². The van der Waals surface area contributed by atoms with Crippen molar-refractivity contribution in [1.82, 2.24) is 5.32 Å². The van der Waals surface area contributed by atoms with Gasteiger partial charge in [0.25, 0.3) is 11.7 Å². The van der Waals surface area contributed by atoms with E-state index in [2.05, 4.69) is 5.32 Å². The highest BCUT2D eigenvalue weighted by Gasteiger charge is 2.56. The van der Waals surface area contributed by atoms with Gasteiger partial charge in [-0.25, -0.2) is 0 Å². The van der Waals surface area contributed by atoms with Crippen molar-refractivity contribution in [2.45, 2.75) is 69.9 Å². The van der Waals surface area contributed by atoms with Gasteiger partial charge in [-0.2, -0.15) is 0 Å². The van der Waals surface area contributed by atoms with Gasteiger partial charge in [0.15, 0.2) is 12.0 Å². The lowest BCUT2D eigenvalue weighted by Crippen LogP contribution is -2.68. The molecule has 1 unspecified atom stereocenters. The second-order valence-corrected chi connectivity index (χ2v) is 8.81. The Bertz CT molecular complexity index is 695. The highest BCUT2D eigenvalue weighted by atomic mass is 16.7. The van der Waals surface area contributed by atoms with Gasteiger partial charge in [-0.05, 0) is 18.9 Å². The fraction of sp³-hybridized carbons (Fsp3) is 0.818. The summed E-state index contributed by atoms with van der Waals surface area (Å²) in [5.41, 5.74) is -0.428. The van der Waals surface area contributed by atoms with E-state index in [-0.39, 0.29) is 30.9 Å². The molecule has 0 radical (unpaired) electrons. The standard InChI is InChI=1S/C22H35NO9/c1-22(2)15(10-13(27-4)11-26-3)32-18-17(19(22)28-5)30-12-31-21(18)23-20(25)16(24)14-8-6-7-9-29-14/h8,13,15,17-19,21H,6-7,9-12H2,1-5H3,(H,23,25)/t13-,15-,17+,18+,19-,21?/m1/s1. The molecule has 32 heavy (non-hydrogen) atoms. The summed E-state index contributed by atoms with van der Waals surface area (Å²) in [5.74, 6) is -1.47. The van der Waals surface area contributed by atoms with Crippen molar-refractivity contribution in [2.24, 2.45) is 5.41 Å². The molecule has 10 nitrogen and oxygen atoms in total. The van der Waals surface area contributed by atoms with Crippen LogP contribution in [0, 0.1) is 5.41 Å². The molecule has 0 aromatic carbocycles. The van der Waals surface area contributed by atoms with Gasteiger partial charge in [-0.15, -0.1) is 0 Å². The number of amides is 1. The van der Waals surface area contributed by atoms with Crippen molar-refractivity contribution < 1.29 is 42.7 Å². The Labute approximate surface area is 188 Å². The van der Waals surface area contributed by atoms with Crippen molar-refractivity contribution in [1.29, 1.82) is 0 Å². The third kappa shape index (κ3) is 5.32. The Hall–Kier alpha value is -1.56. The van der Waals surface area contributed by atoms with Gasteiger partial charge >= 0.3 is 0 Å². The third-order valence-corrected chi connectivity index (χ3v) is 6.37. The molecular formula is C22H35NO9. The minimum Gasteiger partial charge on any atom is -0.490 e. The summed E-state index contributed by atoms with van der Waals surface area (Å²) >= 11 is 0. The van der Waals surface area contributed by atoms with Gasteiger partial charge in [0.2, 0.25) is 0 Å². The first kappa shape index (κ1) is 25.1. The monoisotopic (exact) mass is 457 g/mol. The van der Waals surface area contributed by atoms with Crippen LogP contribution < -0.4 is 5.32 Å². The number of carbonyl (C=O) groups is 2. The molecule has 3 aliphatic rings. The summed E-state index contributed by atoms with van der Waals surface area (Å²) in [6.45, 7) is 4.86. The van der Waals surface area contributed by atoms with Gasteiger partial charge in [0.05, 0.1) is 31.5 Å². The average Bonchev–Trinajstić information content (AvgIpc) is 2.79. The largest absolute Gasteiger partial charge is 0.490 e. The Balaban J connectivity index is 1.76. The molecular weight excluding hydrogens is 422 g/mol. The molecule has 0 spiro atoms. The molecule has 1 N–H and O–H groups in total. The van der Waals surface area contributed by atoms with E-state index >= 15 is 0 Å². The fourth-order valence-corrected chi connectivity index (χ4v) is 4.53. The molecule has 0 aromatic rings. The highest BCUT2D eigenvalue weighted by Crippen LogP contribution is 2.43. The normalized spacial score (nSPS) is 32.8. The Morgan fingerprint density at radius 2 is 2.00 bits per heavy atom. The highest BCUT2D eigenvalue weighted by molar-refractivity contribution is 6.42.